The molecule has 0 aromatic heterocycles. The number of hydrogen-bond acceptors (Lipinski definition) is 4. The predicted molar refractivity (Wildman–Crippen MR) is 129 cm³/mol. The Bertz CT molecular complexity index is 610. The van der Waals surface area contributed by atoms with E-state index in [-0.39, 0.29) is 35.9 Å². The van der Waals surface area contributed by atoms with Crippen LogP contribution >= 0.6 is 24.0 Å². The zero-order valence-corrected chi connectivity index (χ0v) is 20.5. The normalized spacial score (nSPS) is 17.9. The number of ether oxygens (including phenoxy) is 1. The van der Waals surface area contributed by atoms with Gasteiger partial charge < -0.3 is 25.2 Å². The fourth-order valence-corrected chi connectivity index (χ4v) is 3.24. The number of hydrogen-bond donors (Lipinski definition) is 2. The largest absolute Gasteiger partial charge is 0.489 e. The lowest BCUT2D eigenvalue weighted by Crippen LogP contribution is -2.48. The fraction of sp³-hybridized carbons (Fsp3) is 0.667. The van der Waals surface area contributed by atoms with E-state index >= 15 is 0 Å². The molecule has 1 saturated heterocycles. The summed E-state index contributed by atoms with van der Waals surface area (Å²) in [5, 5.41) is 6.73. The number of halogens is 2. The van der Waals surface area contributed by atoms with Crippen molar-refractivity contribution in [3.63, 3.8) is 0 Å². The minimum Gasteiger partial charge on any atom is -0.489 e. The predicted octanol–water partition coefficient (Wildman–Crippen LogP) is 2.65. The van der Waals surface area contributed by atoms with Gasteiger partial charge in [0.2, 0.25) is 0 Å². The molecule has 2 rings (SSSR count). The number of likely N-dealkylation sites (N-methyl/N-ethyl adjacent to an activating group) is 1. The van der Waals surface area contributed by atoms with Gasteiger partial charge >= 0.3 is 0 Å². The molecule has 0 amide bonds. The second-order valence-electron chi connectivity index (χ2n) is 7.65. The third-order valence-corrected chi connectivity index (χ3v) is 5.06. The van der Waals surface area contributed by atoms with Gasteiger partial charge in [0.1, 0.15) is 17.7 Å². The molecule has 2 atom stereocenters. The van der Waals surface area contributed by atoms with Crippen LogP contribution in [0.2, 0.25) is 0 Å². The van der Waals surface area contributed by atoms with Gasteiger partial charge in [-0.15, -0.1) is 24.0 Å². The Morgan fingerprint density at radius 3 is 2.52 bits per heavy atom. The molecule has 1 fully saturated rings. The van der Waals surface area contributed by atoms with E-state index in [2.05, 4.69) is 46.3 Å². The Kier molecular flexibility index (Phi) is 12.5. The molecule has 166 valence electrons. The standard InChI is InChI=1S/C21H36FN5O.HI/c1-5-19(28-20-8-6-7-18(22)13-20)15-25-21(23-3)24-14-17(2)16-27-11-9-26(4)10-12-27;/h6-8,13,17,19H,5,9-12,14-16H2,1-4H3,(H2,23,24,25);1H. The molecule has 2 unspecified atom stereocenters. The maximum atomic E-state index is 13.3. The van der Waals surface area contributed by atoms with Crippen molar-refractivity contribution in [1.29, 1.82) is 0 Å². The van der Waals surface area contributed by atoms with Gasteiger partial charge in [-0.05, 0) is 31.5 Å². The zero-order valence-electron chi connectivity index (χ0n) is 18.2. The number of nitrogens with zero attached hydrogens (tertiary/aromatic N) is 3. The van der Waals surface area contributed by atoms with Crippen molar-refractivity contribution in [2.24, 2.45) is 10.9 Å². The molecular formula is C21H37FIN5O. The molecule has 0 aliphatic carbocycles. The molecule has 0 bridgehead atoms. The van der Waals surface area contributed by atoms with Crippen LogP contribution in [0.25, 0.3) is 0 Å². The highest BCUT2D eigenvalue weighted by molar-refractivity contribution is 14.0. The highest BCUT2D eigenvalue weighted by atomic mass is 127. The first-order valence-corrected chi connectivity index (χ1v) is 10.3. The Labute approximate surface area is 192 Å². The monoisotopic (exact) mass is 521 g/mol. The molecule has 1 heterocycles. The number of aliphatic imine (C=N–C) groups is 1. The zero-order chi connectivity index (χ0) is 20.4. The molecule has 6 nitrogen and oxygen atoms in total. The summed E-state index contributed by atoms with van der Waals surface area (Å²) < 4.78 is 19.2. The van der Waals surface area contributed by atoms with E-state index in [0.29, 0.717) is 18.2 Å². The quantitative estimate of drug-likeness (QED) is 0.298. The first-order valence-electron chi connectivity index (χ1n) is 10.3. The number of nitrogens with one attached hydrogen (secondary N) is 2. The molecule has 1 aliphatic rings. The number of benzene rings is 1. The highest BCUT2D eigenvalue weighted by Gasteiger charge is 2.16. The first-order chi connectivity index (χ1) is 13.5. The fourth-order valence-electron chi connectivity index (χ4n) is 3.24. The van der Waals surface area contributed by atoms with Crippen LogP contribution < -0.4 is 15.4 Å². The van der Waals surface area contributed by atoms with E-state index in [1.54, 1.807) is 19.2 Å². The van der Waals surface area contributed by atoms with E-state index in [1.165, 1.54) is 12.1 Å². The summed E-state index contributed by atoms with van der Waals surface area (Å²) in [7, 11) is 3.95. The molecule has 29 heavy (non-hydrogen) atoms. The van der Waals surface area contributed by atoms with Crippen LogP contribution in [0.3, 0.4) is 0 Å². The number of rotatable bonds is 9. The van der Waals surface area contributed by atoms with Gasteiger partial charge in [0.15, 0.2) is 5.96 Å². The van der Waals surface area contributed by atoms with Crippen molar-refractivity contribution < 1.29 is 9.13 Å². The lowest BCUT2D eigenvalue weighted by atomic mass is 10.1. The van der Waals surface area contributed by atoms with E-state index in [9.17, 15) is 4.39 Å². The van der Waals surface area contributed by atoms with Gasteiger partial charge in [0.25, 0.3) is 0 Å². The van der Waals surface area contributed by atoms with Crippen LogP contribution in [0.4, 0.5) is 4.39 Å². The molecule has 2 N–H and O–H groups in total. The lowest BCUT2D eigenvalue weighted by Gasteiger charge is -2.34. The van der Waals surface area contributed by atoms with E-state index in [1.807, 2.05) is 0 Å². The van der Waals surface area contributed by atoms with Gasteiger partial charge in [-0.25, -0.2) is 4.39 Å². The average Bonchev–Trinajstić information content (AvgIpc) is 2.69. The summed E-state index contributed by atoms with van der Waals surface area (Å²) in [4.78, 5) is 9.21. The van der Waals surface area contributed by atoms with Crippen molar-refractivity contribution in [3.8, 4) is 5.75 Å². The van der Waals surface area contributed by atoms with Crippen molar-refractivity contribution in [1.82, 2.24) is 20.4 Å². The molecule has 1 aromatic rings. The van der Waals surface area contributed by atoms with Crippen LogP contribution in [0.15, 0.2) is 29.3 Å². The van der Waals surface area contributed by atoms with E-state index < -0.39 is 0 Å². The van der Waals surface area contributed by atoms with Gasteiger partial charge in [-0.3, -0.25) is 4.99 Å². The van der Waals surface area contributed by atoms with Crippen molar-refractivity contribution in [3.05, 3.63) is 30.1 Å². The van der Waals surface area contributed by atoms with Gasteiger partial charge in [-0.2, -0.15) is 0 Å². The smallest absolute Gasteiger partial charge is 0.191 e. The van der Waals surface area contributed by atoms with Gasteiger partial charge in [0.05, 0.1) is 6.54 Å². The molecular weight excluding hydrogens is 484 g/mol. The molecule has 0 spiro atoms. The van der Waals surface area contributed by atoms with Crippen LogP contribution in [0, 0.1) is 11.7 Å². The van der Waals surface area contributed by atoms with Crippen LogP contribution in [-0.2, 0) is 0 Å². The van der Waals surface area contributed by atoms with Crippen LogP contribution in [0.5, 0.6) is 5.75 Å². The molecule has 0 radical (unpaired) electrons. The summed E-state index contributed by atoms with van der Waals surface area (Å²) in [6.45, 7) is 11.5. The summed E-state index contributed by atoms with van der Waals surface area (Å²) in [6.07, 6.45) is 0.767. The summed E-state index contributed by atoms with van der Waals surface area (Å²) >= 11 is 0. The third kappa shape index (κ3) is 9.95. The summed E-state index contributed by atoms with van der Waals surface area (Å²) in [6, 6.07) is 6.27. The summed E-state index contributed by atoms with van der Waals surface area (Å²) in [5.41, 5.74) is 0. The second-order valence-corrected chi connectivity index (χ2v) is 7.65. The maximum Gasteiger partial charge on any atom is 0.191 e. The molecule has 1 aliphatic heterocycles. The minimum atomic E-state index is -0.285. The SMILES string of the molecule is CCC(CNC(=NC)NCC(C)CN1CCN(C)CC1)Oc1cccc(F)c1.I. The molecule has 8 heteroatoms. The Morgan fingerprint density at radius 2 is 1.90 bits per heavy atom. The maximum absolute atomic E-state index is 13.3. The third-order valence-electron chi connectivity index (χ3n) is 5.06. The van der Waals surface area contributed by atoms with Crippen molar-refractivity contribution >= 4 is 29.9 Å². The minimum absolute atomic E-state index is 0. The first kappa shape index (κ1) is 25.9. The van der Waals surface area contributed by atoms with E-state index in [4.69, 9.17) is 4.74 Å². The Hall–Kier alpha value is -1.13. The van der Waals surface area contributed by atoms with Crippen LogP contribution in [0.1, 0.15) is 20.3 Å². The molecule has 1 aromatic carbocycles. The lowest BCUT2D eigenvalue weighted by molar-refractivity contribution is 0.139. The number of guanidine groups is 1. The van der Waals surface area contributed by atoms with E-state index in [0.717, 1.165) is 51.6 Å². The Balaban J connectivity index is 0.00000420. The topological polar surface area (TPSA) is 52.1 Å². The Morgan fingerprint density at radius 1 is 1.21 bits per heavy atom. The van der Waals surface area contributed by atoms with Crippen molar-refractivity contribution in [2.45, 2.75) is 26.4 Å². The second kappa shape index (κ2) is 14.0. The molecule has 0 saturated carbocycles. The van der Waals surface area contributed by atoms with Crippen LogP contribution in [-0.4, -0.2) is 81.8 Å². The van der Waals surface area contributed by atoms with Crippen molar-refractivity contribution in [2.75, 3.05) is 59.9 Å². The summed E-state index contributed by atoms with van der Waals surface area (Å²) in [5.74, 6) is 1.57. The van der Waals surface area contributed by atoms with Gasteiger partial charge in [-0.1, -0.05) is 19.9 Å². The highest BCUT2D eigenvalue weighted by Crippen LogP contribution is 2.14. The number of piperazine rings is 1. The average molecular weight is 521 g/mol. The van der Waals surface area contributed by atoms with Gasteiger partial charge in [0, 0.05) is 52.4 Å².